The first-order valence-electron chi connectivity index (χ1n) is 14.5. The second-order valence-corrected chi connectivity index (χ2v) is 12.2. The number of hydrogen-bond acceptors (Lipinski definition) is 5. The van der Waals surface area contributed by atoms with Crippen molar-refractivity contribution in [3.63, 3.8) is 0 Å². The fourth-order valence-electron chi connectivity index (χ4n) is 5.84. The lowest BCUT2D eigenvalue weighted by Crippen LogP contribution is -2.48. The molecule has 2 aromatic heterocycles. The van der Waals surface area contributed by atoms with Gasteiger partial charge in [-0.25, -0.2) is 23.9 Å². The first-order valence-corrected chi connectivity index (χ1v) is 14.5. The molecule has 1 saturated heterocycles. The molecule has 0 radical (unpaired) electrons. The molecule has 1 N–H and O–H groups in total. The number of halogens is 1. The van der Waals surface area contributed by atoms with Crippen molar-refractivity contribution in [1.29, 1.82) is 0 Å². The maximum Gasteiger partial charge on any atom is 0.339 e. The Labute approximate surface area is 244 Å². The van der Waals surface area contributed by atoms with Crippen molar-refractivity contribution in [2.24, 2.45) is 0 Å². The average molecular weight is 570 g/mol. The third-order valence-electron chi connectivity index (χ3n) is 8.01. The molecular formula is C33H36FN5O3. The Bertz CT molecular complexity index is 1670. The smallest absolute Gasteiger partial charge is 0.339 e. The van der Waals surface area contributed by atoms with Gasteiger partial charge < -0.3 is 19.5 Å². The standard InChI is InChI=1S/C33H36FN5O3/c1-20-17-35-30-29(20)37-28(18-36-30)22-15-21-9-12-39(32(41)38-13-10-23(34)11-14-38)19-27(21)26(16-22)24-7-5-6-8-25(24)31(40)42-33(2,3)4/h5-8,15-18,23H,9-14,19H2,1-4H3,(H,35,36). The summed E-state index contributed by atoms with van der Waals surface area (Å²) in [5.74, 6) is -0.403. The van der Waals surface area contributed by atoms with Gasteiger partial charge in [0.25, 0.3) is 0 Å². The summed E-state index contributed by atoms with van der Waals surface area (Å²) < 4.78 is 19.6. The van der Waals surface area contributed by atoms with Crippen LogP contribution in [-0.4, -0.2) is 68.2 Å². The Morgan fingerprint density at radius 1 is 1.05 bits per heavy atom. The van der Waals surface area contributed by atoms with Crippen LogP contribution in [0.3, 0.4) is 0 Å². The van der Waals surface area contributed by atoms with Crippen molar-refractivity contribution in [3.05, 3.63) is 71.0 Å². The number of benzene rings is 2. The number of nitrogens with one attached hydrogen (secondary N) is 1. The summed E-state index contributed by atoms with van der Waals surface area (Å²) in [7, 11) is 0. The van der Waals surface area contributed by atoms with Crippen LogP contribution in [0.15, 0.2) is 48.8 Å². The minimum absolute atomic E-state index is 0.0674. The van der Waals surface area contributed by atoms with E-state index in [2.05, 4.69) is 16.0 Å². The molecule has 218 valence electrons. The maximum atomic E-state index is 13.8. The zero-order chi connectivity index (χ0) is 29.6. The van der Waals surface area contributed by atoms with Crippen LogP contribution in [0.1, 0.15) is 60.7 Å². The molecule has 0 unspecified atom stereocenters. The van der Waals surface area contributed by atoms with E-state index in [1.807, 2.05) is 63.1 Å². The number of amides is 2. The normalized spacial score (nSPS) is 16.0. The molecule has 6 rings (SSSR count). The van der Waals surface area contributed by atoms with Crippen molar-refractivity contribution in [3.8, 4) is 22.4 Å². The lowest BCUT2D eigenvalue weighted by molar-refractivity contribution is 0.00703. The number of esters is 1. The van der Waals surface area contributed by atoms with Gasteiger partial charge in [0.15, 0.2) is 5.65 Å². The lowest BCUT2D eigenvalue weighted by Gasteiger charge is -2.37. The number of carbonyl (C=O) groups excluding carboxylic acids is 2. The van der Waals surface area contributed by atoms with Crippen molar-refractivity contribution in [2.45, 2.75) is 65.3 Å². The Morgan fingerprint density at radius 2 is 1.81 bits per heavy atom. The molecule has 4 aromatic rings. The van der Waals surface area contributed by atoms with Gasteiger partial charge >= 0.3 is 12.0 Å². The summed E-state index contributed by atoms with van der Waals surface area (Å²) in [6.07, 6.45) is 4.21. The molecule has 0 aliphatic carbocycles. The molecule has 2 aromatic carbocycles. The van der Waals surface area contributed by atoms with E-state index < -0.39 is 17.7 Å². The molecule has 2 aliphatic heterocycles. The van der Waals surface area contributed by atoms with Gasteiger partial charge in [0.1, 0.15) is 17.3 Å². The number of alkyl halides is 1. The number of aromatic nitrogens is 3. The predicted octanol–water partition coefficient (Wildman–Crippen LogP) is 6.47. The topological polar surface area (TPSA) is 91.4 Å². The molecule has 0 spiro atoms. The number of ether oxygens (including phenoxy) is 1. The zero-order valence-electron chi connectivity index (χ0n) is 24.5. The highest BCUT2D eigenvalue weighted by Gasteiger charge is 2.31. The minimum Gasteiger partial charge on any atom is -0.456 e. The van der Waals surface area contributed by atoms with E-state index >= 15 is 0 Å². The molecule has 9 heteroatoms. The van der Waals surface area contributed by atoms with Crippen LogP contribution in [0.25, 0.3) is 33.5 Å². The number of nitrogens with zero attached hydrogens (tertiary/aromatic N) is 4. The van der Waals surface area contributed by atoms with Gasteiger partial charge in [-0.3, -0.25) is 0 Å². The molecule has 8 nitrogen and oxygen atoms in total. The molecule has 0 bridgehead atoms. The molecule has 2 amide bonds. The minimum atomic E-state index is -0.845. The van der Waals surface area contributed by atoms with Gasteiger partial charge in [-0.2, -0.15) is 0 Å². The van der Waals surface area contributed by atoms with Gasteiger partial charge in [0.2, 0.25) is 0 Å². The monoisotopic (exact) mass is 569 g/mol. The Morgan fingerprint density at radius 3 is 2.57 bits per heavy atom. The summed E-state index contributed by atoms with van der Waals surface area (Å²) in [6.45, 7) is 9.35. The Balaban J connectivity index is 1.45. The first-order chi connectivity index (χ1) is 20.1. The number of fused-ring (bicyclic) bond motifs is 2. The highest BCUT2D eigenvalue weighted by atomic mass is 19.1. The quantitative estimate of drug-likeness (QED) is 0.286. The number of H-pyrrole nitrogens is 1. The van der Waals surface area contributed by atoms with E-state index in [9.17, 15) is 14.0 Å². The van der Waals surface area contributed by atoms with Crippen LogP contribution in [0.2, 0.25) is 0 Å². The zero-order valence-corrected chi connectivity index (χ0v) is 24.5. The van der Waals surface area contributed by atoms with E-state index in [1.54, 1.807) is 17.2 Å². The second-order valence-electron chi connectivity index (χ2n) is 12.2. The largest absolute Gasteiger partial charge is 0.456 e. The molecule has 0 saturated carbocycles. The molecule has 0 atom stereocenters. The van der Waals surface area contributed by atoms with Crippen LogP contribution in [0.5, 0.6) is 0 Å². The van der Waals surface area contributed by atoms with E-state index in [4.69, 9.17) is 9.72 Å². The number of rotatable bonds is 3. The summed E-state index contributed by atoms with van der Waals surface area (Å²) in [4.78, 5) is 43.2. The summed E-state index contributed by atoms with van der Waals surface area (Å²) in [5, 5.41) is 0. The molecule has 2 aliphatic rings. The Hall–Kier alpha value is -4.27. The van der Waals surface area contributed by atoms with Gasteiger partial charge in [-0.15, -0.1) is 0 Å². The van der Waals surface area contributed by atoms with Gasteiger partial charge in [0.05, 0.1) is 17.5 Å². The number of urea groups is 1. The molecular weight excluding hydrogens is 533 g/mol. The number of aromatic amines is 1. The maximum absolute atomic E-state index is 13.8. The van der Waals surface area contributed by atoms with Crippen LogP contribution in [-0.2, 0) is 17.7 Å². The number of carbonyl (C=O) groups is 2. The highest BCUT2D eigenvalue weighted by Crippen LogP contribution is 2.37. The van der Waals surface area contributed by atoms with E-state index in [0.717, 1.165) is 50.2 Å². The van der Waals surface area contributed by atoms with Gasteiger partial charge in [0, 0.05) is 37.9 Å². The van der Waals surface area contributed by atoms with Crippen molar-refractivity contribution in [2.75, 3.05) is 19.6 Å². The van der Waals surface area contributed by atoms with Crippen molar-refractivity contribution >= 4 is 23.2 Å². The number of hydrogen-bond donors (Lipinski definition) is 1. The van der Waals surface area contributed by atoms with Gasteiger partial charge in [-0.1, -0.05) is 18.2 Å². The summed E-state index contributed by atoms with van der Waals surface area (Å²) in [5.41, 5.74) is 7.68. The third-order valence-corrected chi connectivity index (χ3v) is 8.01. The highest BCUT2D eigenvalue weighted by molar-refractivity contribution is 5.98. The molecule has 1 fully saturated rings. The third kappa shape index (κ3) is 5.47. The van der Waals surface area contributed by atoms with Crippen LogP contribution < -0.4 is 0 Å². The number of likely N-dealkylation sites (tertiary alicyclic amines) is 1. The predicted molar refractivity (Wildman–Crippen MR) is 160 cm³/mol. The van der Waals surface area contributed by atoms with E-state index in [-0.39, 0.29) is 6.03 Å². The SMILES string of the molecule is Cc1c[nH]c2ncc(-c3cc4c(c(-c5ccccc5C(=O)OC(C)(C)C)c3)CN(C(=O)N3CCC(F)CC3)CC4)nc12. The Kier molecular flexibility index (Phi) is 7.20. The van der Waals surface area contributed by atoms with Crippen molar-refractivity contribution < 1.29 is 18.7 Å². The fraction of sp³-hybridized carbons (Fsp3) is 0.394. The number of aryl methyl sites for hydroxylation is 1. The first kappa shape index (κ1) is 27.9. The average Bonchev–Trinajstić information content (AvgIpc) is 3.35. The van der Waals surface area contributed by atoms with Gasteiger partial charge in [-0.05, 0) is 93.0 Å². The molecule has 4 heterocycles. The summed E-state index contributed by atoms with van der Waals surface area (Å²) in [6, 6.07) is 11.6. The summed E-state index contributed by atoms with van der Waals surface area (Å²) >= 11 is 0. The fourth-order valence-corrected chi connectivity index (χ4v) is 5.84. The van der Waals surface area contributed by atoms with E-state index in [0.29, 0.717) is 51.0 Å². The molecule has 42 heavy (non-hydrogen) atoms. The van der Waals surface area contributed by atoms with Crippen LogP contribution in [0, 0.1) is 6.92 Å². The van der Waals surface area contributed by atoms with E-state index in [1.165, 1.54) is 0 Å². The van der Waals surface area contributed by atoms with Crippen LogP contribution >= 0.6 is 0 Å². The second kappa shape index (κ2) is 10.9. The number of piperidine rings is 1. The lowest BCUT2D eigenvalue weighted by atomic mass is 9.86. The van der Waals surface area contributed by atoms with Crippen LogP contribution in [0.4, 0.5) is 9.18 Å². The van der Waals surface area contributed by atoms with Crippen molar-refractivity contribution in [1.82, 2.24) is 24.8 Å².